The summed E-state index contributed by atoms with van der Waals surface area (Å²) in [7, 11) is 0. The van der Waals surface area contributed by atoms with E-state index >= 15 is 0 Å². The Bertz CT molecular complexity index is 477. The Kier molecular flexibility index (Phi) is 3.36. The molecule has 1 fully saturated rings. The zero-order valence-corrected chi connectivity index (χ0v) is 9.90. The molecule has 0 aliphatic carbocycles. The third-order valence-electron chi connectivity index (χ3n) is 2.92. The number of benzene rings is 1. The fourth-order valence-corrected chi connectivity index (χ4v) is 1.91. The highest BCUT2D eigenvalue weighted by Crippen LogP contribution is 2.16. The van der Waals surface area contributed by atoms with Crippen LogP contribution in [0.1, 0.15) is 23.2 Å². The number of carbonyl (C=O) groups excluding carboxylic acids is 2. The van der Waals surface area contributed by atoms with Gasteiger partial charge in [0.15, 0.2) is 0 Å². The van der Waals surface area contributed by atoms with E-state index < -0.39 is 0 Å². The number of anilines is 2. The lowest BCUT2D eigenvalue weighted by atomic mass is 10.1. The lowest BCUT2D eigenvalue weighted by Crippen LogP contribution is -2.47. The third kappa shape index (κ3) is 2.71. The van der Waals surface area contributed by atoms with Gasteiger partial charge >= 0.3 is 0 Å². The molecule has 6 nitrogen and oxygen atoms in total. The average Bonchev–Trinajstić information content (AvgIpc) is 2.32. The van der Waals surface area contributed by atoms with Gasteiger partial charge in [-0.25, -0.2) is 0 Å². The zero-order chi connectivity index (χ0) is 13.1. The molecule has 0 spiro atoms. The smallest absolute Gasteiger partial charge is 0.253 e. The van der Waals surface area contributed by atoms with E-state index in [1.54, 1.807) is 18.2 Å². The van der Waals surface area contributed by atoms with Crippen LogP contribution in [0.25, 0.3) is 0 Å². The highest BCUT2D eigenvalue weighted by molar-refractivity contribution is 5.99. The standard InChI is InChI=1S/C12H16N4O2/c13-7-1-3-9(10(14)5-7)12(18)16-8-2-4-11(17)15-6-8/h1,3,5,8H,2,4,6,13-14H2,(H,15,17)(H,16,18). The first-order valence-electron chi connectivity index (χ1n) is 5.79. The Hall–Kier alpha value is -2.24. The Morgan fingerprint density at radius 2 is 2.17 bits per heavy atom. The second-order valence-electron chi connectivity index (χ2n) is 4.36. The maximum atomic E-state index is 12.0. The quantitative estimate of drug-likeness (QED) is 0.546. The molecule has 1 aromatic carbocycles. The Morgan fingerprint density at radius 3 is 2.78 bits per heavy atom. The predicted molar refractivity (Wildman–Crippen MR) is 68.8 cm³/mol. The van der Waals surface area contributed by atoms with Gasteiger partial charge in [-0.15, -0.1) is 0 Å². The molecule has 2 amide bonds. The fraction of sp³-hybridized carbons (Fsp3) is 0.333. The number of piperidine rings is 1. The summed E-state index contributed by atoms with van der Waals surface area (Å²) in [5.41, 5.74) is 12.6. The number of amides is 2. The highest BCUT2D eigenvalue weighted by Gasteiger charge is 2.20. The highest BCUT2D eigenvalue weighted by atomic mass is 16.2. The van der Waals surface area contributed by atoms with Crippen LogP contribution in [-0.2, 0) is 4.79 Å². The molecule has 0 radical (unpaired) electrons. The van der Waals surface area contributed by atoms with E-state index in [0.29, 0.717) is 36.3 Å². The Balaban J connectivity index is 2.01. The van der Waals surface area contributed by atoms with Crippen LogP contribution in [0.2, 0.25) is 0 Å². The first-order valence-corrected chi connectivity index (χ1v) is 5.79. The van der Waals surface area contributed by atoms with Crippen molar-refractivity contribution in [1.29, 1.82) is 0 Å². The van der Waals surface area contributed by atoms with Gasteiger partial charge in [0.1, 0.15) is 0 Å². The Labute approximate surface area is 105 Å². The van der Waals surface area contributed by atoms with E-state index in [4.69, 9.17) is 11.5 Å². The van der Waals surface area contributed by atoms with Gasteiger partial charge in [-0.2, -0.15) is 0 Å². The van der Waals surface area contributed by atoms with Crippen LogP contribution in [0.3, 0.4) is 0 Å². The molecule has 1 saturated heterocycles. The SMILES string of the molecule is Nc1ccc(C(=O)NC2CCC(=O)NC2)c(N)c1. The summed E-state index contributed by atoms with van der Waals surface area (Å²) < 4.78 is 0. The molecule has 1 aliphatic rings. The molecular weight excluding hydrogens is 232 g/mol. The van der Waals surface area contributed by atoms with Crippen molar-refractivity contribution in [2.45, 2.75) is 18.9 Å². The van der Waals surface area contributed by atoms with Crippen LogP contribution in [0.15, 0.2) is 18.2 Å². The van der Waals surface area contributed by atoms with Crippen molar-refractivity contribution in [3.05, 3.63) is 23.8 Å². The minimum atomic E-state index is -0.242. The molecule has 0 aromatic heterocycles. The molecule has 0 bridgehead atoms. The van der Waals surface area contributed by atoms with Crippen LogP contribution < -0.4 is 22.1 Å². The summed E-state index contributed by atoms with van der Waals surface area (Å²) in [6.45, 7) is 0.458. The first kappa shape index (κ1) is 12.2. The van der Waals surface area contributed by atoms with E-state index in [2.05, 4.69) is 10.6 Å². The summed E-state index contributed by atoms with van der Waals surface area (Å²) in [6.07, 6.45) is 1.08. The van der Waals surface area contributed by atoms with Crippen LogP contribution in [0.4, 0.5) is 11.4 Å². The van der Waals surface area contributed by atoms with Crippen molar-refractivity contribution in [1.82, 2.24) is 10.6 Å². The third-order valence-corrected chi connectivity index (χ3v) is 2.92. The molecule has 96 valence electrons. The van der Waals surface area contributed by atoms with Crippen LogP contribution in [0, 0.1) is 0 Å². The van der Waals surface area contributed by atoms with Gasteiger partial charge in [-0.05, 0) is 24.6 Å². The molecule has 18 heavy (non-hydrogen) atoms. The van der Waals surface area contributed by atoms with Gasteiger partial charge in [0.05, 0.1) is 5.56 Å². The fourth-order valence-electron chi connectivity index (χ4n) is 1.91. The van der Waals surface area contributed by atoms with Crippen LogP contribution >= 0.6 is 0 Å². The lowest BCUT2D eigenvalue weighted by molar-refractivity contribution is -0.122. The molecule has 1 aliphatic heterocycles. The number of rotatable bonds is 2. The monoisotopic (exact) mass is 248 g/mol. The maximum Gasteiger partial charge on any atom is 0.253 e. The second kappa shape index (κ2) is 4.95. The largest absolute Gasteiger partial charge is 0.399 e. The molecular formula is C12H16N4O2. The van der Waals surface area contributed by atoms with E-state index in [-0.39, 0.29) is 17.9 Å². The minimum absolute atomic E-state index is 0.0208. The number of nitrogens with two attached hydrogens (primary N) is 2. The molecule has 1 heterocycles. The molecule has 0 saturated carbocycles. The normalized spacial score (nSPS) is 19.1. The van der Waals surface area contributed by atoms with Crippen molar-refractivity contribution in [2.75, 3.05) is 18.0 Å². The zero-order valence-electron chi connectivity index (χ0n) is 9.90. The number of carbonyl (C=O) groups is 2. The number of nitrogen functional groups attached to an aromatic ring is 2. The van der Waals surface area contributed by atoms with Gasteiger partial charge in [-0.1, -0.05) is 0 Å². The van der Waals surface area contributed by atoms with Crippen molar-refractivity contribution < 1.29 is 9.59 Å². The first-order chi connectivity index (χ1) is 8.56. The van der Waals surface area contributed by atoms with Crippen molar-refractivity contribution in [2.24, 2.45) is 0 Å². The summed E-state index contributed by atoms with van der Waals surface area (Å²) in [4.78, 5) is 23.0. The average molecular weight is 248 g/mol. The van der Waals surface area contributed by atoms with Crippen molar-refractivity contribution in [3.63, 3.8) is 0 Å². The molecule has 1 atom stereocenters. The summed E-state index contributed by atoms with van der Waals surface area (Å²) in [6, 6.07) is 4.74. The molecule has 2 rings (SSSR count). The molecule has 6 heteroatoms. The molecule has 1 unspecified atom stereocenters. The van der Waals surface area contributed by atoms with Crippen molar-refractivity contribution >= 4 is 23.2 Å². The van der Waals surface area contributed by atoms with E-state index in [0.717, 1.165) is 0 Å². The molecule has 1 aromatic rings. The van der Waals surface area contributed by atoms with Crippen LogP contribution in [-0.4, -0.2) is 24.4 Å². The summed E-state index contributed by atoms with van der Waals surface area (Å²) in [5.74, 6) is -0.221. The van der Waals surface area contributed by atoms with E-state index in [1.807, 2.05) is 0 Å². The van der Waals surface area contributed by atoms with Gasteiger partial charge in [0.2, 0.25) is 5.91 Å². The second-order valence-corrected chi connectivity index (χ2v) is 4.36. The number of nitrogens with one attached hydrogen (secondary N) is 2. The van der Waals surface area contributed by atoms with Gasteiger partial charge in [0.25, 0.3) is 5.91 Å². The summed E-state index contributed by atoms with van der Waals surface area (Å²) in [5, 5.41) is 5.55. The van der Waals surface area contributed by atoms with Crippen molar-refractivity contribution in [3.8, 4) is 0 Å². The van der Waals surface area contributed by atoms with E-state index in [1.165, 1.54) is 0 Å². The van der Waals surface area contributed by atoms with E-state index in [9.17, 15) is 9.59 Å². The number of hydrogen-bond donors (Lipinski definition) is 4. The number of hydrogen-bond acceptors (Lipinski definition) is 4. The minimum Gasteiger partial charge on any atom is -0.399 e. The Morgan fingerprint density at radius 1 is 1.39 bits per heavy atom. The maximum absolute atomic E-state index is 12.0. The van der Waals surface area contributed by atoms with Gasteiger partial charge in [-0.3, -0.25) is 9.59 Å². The topological polar surface area (TPSA) is 110 Å². The van der Waals surface area contributed by atoms with Gasteiger partial charge < -0.3 is 22.1 Å². The summed E-state index contributed by atoms with van der Waals surface area (Å²) >= 11 is 0. The molecule has 6 N–H and O–H groups in total. The van der Waals surface area contributed by atoms with Gasteiger partial charge in [0, 0.05) is 30.4 Å². The predicted octanol–water partition coefficient (Wildman–Crippen LogP) is -0.141. The van der Waals surface area contributed by atoms with Crippen LogP contribution in [0.5, 0.6) is 0 Å². The lowest BCUT2D eigenvalue weighted by Gasteiger charge is -2.23.